The number of hydrogen-bond acceptors (Lipinski definition) is 4. The lowest BCUT2D eigenvalue weighted by Crippen LogP contribution is -2.42. The molecule has 1 aliphatic rings. The van der Waals surface area contributed by atoms with Crippen LogP contribution in [0.2, 0.25) is 0 Å². The van der Waals surface area contributed by atoms with Gasteiger partial charge in [-0.05, 0) is 26.2 Å². The maximum absolute atomic E-state index is 11.6. The predicted octanol–water partition coefficient (Wildman–Crippen LogP) is 0.244. The summed E-state index contributed by atoms with van der Waals surface area (Å²) >= 11 is 0. The van der Waals surface area contributed by atoms with Gasteiger partial charge in [-0.25, -0.2) is 13.1 Å². The van der Waals surface area contributed by atoms with Crippen LogP contribution in [0.4, 0.5) is 0 Å². The summed E-state index contributed by atoms with van der Waals surface area (Å²) in [5.74, 6) is 0.0529. The highest BCUT2D eigenvalue weighted by molar-refractivity contribution is 7.89. The standard InChI is InChI=1S/C9H20N2O3S.ClH/c1-8(6-10)11-15(12,13)7-9-4-2-3-5-14-9;/h8-9,11H,2-7,10H2,1H3;1H/t8-,9?;/m0./s1. The van der Waals surface area contributed by atoms with Crippen molar-refractivity contribution in [2.75, 3.05) is 18.9 Å². The number of sulfonamides is 1. The Bertz CT molecular complexity index is 278. The van der Waals surface area contributed by atoms with Crippen LogP contribution in [0.25, 0.3) is 0 Å². The molecular weight excluding hydrogens is 252 g/mol. The van der Waals surface area contributed by atoms with Crippen LogP contribution in [0, 0.1) is 0 Å². The maximum atomic E-state index is 11.6. The molecule has 7 heteroatoms. The van der Waals surface area contributed by atoms with Crippen molar-refractivity contribution in [3.63, 3.8) is 0 Å². The average Bonchev–Trinajstić information content (AvgIpc) is 2.17. The van der Waals surface area contributed by atoms with E-state index in [0.717, 1.165) is 19.3 Å². The average molecular weight is 273 g/mol. The van der Waals surface area contributed by atoms with Gasteiger partial charge in [-0.2, -0.15) is 0 Å². The lowest BCUT2D eigenvalue weighted by Gasteiger charge is -2.23. The van der Waals surface area contributed by atoms with E-state index in [1.54, 1.807) is 6.92 Å². The molecule has 0 aromatic carbocycles. The number of nitrogens with two attached hydrogens (primary N) is 1. The zero-order valence-electron chi connectivity index (χ0n) is 9.52. The first-order chi connectivity index (χ1) is 7.03. The summed E-state index contributed by atoms with van der Waals surface area (Å²) in [5.41, 5.74) is 5.35. The molecule has 98 valence electrons. The molecule has 3 N–H and O–H groups in total. The molecule has 0 aromatic heterocycles. The van der Waals surface area contributed by atoms with Gasteiger partial charge in [0.05, 0.1) is 11.9 Å². The van der Waals surface area contributed by atoms with Crippen LogP contribution in [0.1, 0.15) is 26.2 Å². The van der Waals surface area contributed by atoms with Gasteiger partial charge in [-0.15, -0.1) is 12.4 Å². The summed E-state index contributed by atoms with van der Waals surface area (Å²) in [7, 11) is -3.25. The number of nitrogens with one attached hydrogen (secondary N) is 1. The summed E-state index contributed by atoms with van der Waals surface area (Å²) in [4.78, 5) is 0. The second kappa shape index (κ2) is 7.45. The lowest BCUT2D eigenvalue weighted by atomic mass is 10.1. The van der Waals surface area contributed by atoms with Gasteiger partial charge in [0, 0.05) is 19.2 Å². The first-order valence-corrected chi connectivity index (χ1v) is 7.00. The topological polar surface area (TPSA) is 81.4 Å². The van der Waals surface area contributed by atoms with E-state index in [-0.39, 0.29) is 30.3 Å². The second-order valence-corrected chi connectivity index (χ2v) is 5.82. The predicted molar refractivity (Wildman–Crippen MR) is 66.3 cm³/mol. The minimum absolute atomic E-state index is 0. The molecule has 5 nitrogen and oxygen atoms in total. The molecule has 16 heavy (non-hydrogen) atoms. The van der Waals surface area contributed by atoms with Crippen LogP contribution in [-0.4, -0.2) is 39.5 Å². The highest BCUT2D eigenvalue weighted by Crippen LogP contribution is 2.14. The van der Waals surface area contributed by atoms with Gasteiger partial charge >= 0.3 is 0 Å². The highest BCUT2D eigenvalue weighted by Gasteiger charge is 2.22. The largest absolute Gasteiger partial charge is 0.377 e. The van der Waals surface area contributed by atoms with Crippen LogP contribution in [-0.2, 0) is 14.8 Å². The van der Waals surface area contributed by atoms with E-state index in [4.69, 9.17) is 10.5 Å². The molecular formula is C9H21ClN2O3S. The van der Waals surface area contributed by atoms with Gasteiger partial charge in [-0.3, -0.25) is 0 Å². The first kappa shape index (κ1) is 16.1. The highest BCUT2D eigenvalue weighted by atomic mass is 35.5. The molecule has 0 spiro atoms. The fourth-order valence-electron chi connectivity index (χ4n) is 1.59. The van der Waals surface area contributed by atoms with Crippen molar-refractivity contribution < 1.29 is 13.2 Å². The third-order valence-electron chi connectivity index (χ3n) is 2.41. The van der Waals surface area contributed by atoms with Crippen molar-refractivity contribution in [1.29, 1.82) is 0 Å². The summed E-state index contributed by atoms with van der Waals surface area (Å²) in [5, 5.41) is 0. The Morgan fingerprint density at radius 1 is 1.50 bits per heavy atom. The van der Waals surface area contributed by atoms with Crippen molar-refractivity contribution in [3.05, 3.63) is 0 Å². The fraction of sp³-hybridized carbons (Fsp3) is 1.00. The van der Waals surface area contributed by atoms with Crippen molar-refractivity contribution >= 4 is 22.4 Å². The van der Waals surface area contributed by atoms with E-state index in [9.17, 15) is 8.42 Å². The third kappa shape index (κ3) is 6.00. The van der Waals surface area contributed by atoms with Crippen LogP contribution in [0.15, 0.2) is 0 Å². The third-order valence-corrected chi connectivity index (χ3v) is 3.99. The summed E-state index contributed by atoms with van der Waals surface area (Å²) in [6.45, 7) is 2.73. The van der Waals surface area contributed by atoms with Crippen LogP contribution in [0.3, 0.4) is 0 Å². The van der Waals surface area contributed by atoms with Gasteiger partial charge in [0.15, 0.2) is 0 Å². The maximum Gasteiger partial charge on any atom is 0.214 e. The Balaban J connectivity index is 0.00000225. The zero-order chi connectivity index (χ0) is 11.3. The van der Waals surface area contributed by atoms with E-state index in [2.05, 4.69) is 4.72 Å². The van der Waals surface area contributed by atoms with E-state index >= 15 is 0 Å². The number of halogens is 1. The first-order valence-electron chi connectivity index (χ1n) is 5.35. The molecule has 1 saturated heterocycles. The molecule has 1 unspecified atom stereocenters. The molecule has 0 saturated carbocycles. The van der Waals surface area contributed by atoms with Crippen LogP contribution in [0.5, 0.6) is 0 Å². The van der Waals surface area contributed by atoms with Gasteiger partial charge in [-0.1, -0.05) is 0 Å². The Hall–Kier alpha value is 0.120. The van der Waals surface area contributed by atoms with Crippen molar-refractivity contribution in [1.82, 2.24) is 4.72 Å². The molecule has 1 rings (SSSR count). The van der Waals surface area contributed by atoms with Crippen molar-refractivity contribution in [2.24, 2.45) is 5.73 Å². The van der Waals surface area contributed by atoms with E-state index in [1.165, 1.54) is 0 Å². The minimum atomic E-state index is -3.25. The van der Waals surface area contributed by atoms with Gasteiger partial charge in [0.1, 0.15) is 0 Å². The normalized spacial score (nSPS) is 23.5. The fourth-order valence-corrected chi connectivity index (χ4v) is 3.14. The van der Waals surface area contributed by atoms with Crippen molar-refractivity contribution in [3.8, 4) is 0 Å². The number of rotatable bonds is 5. The molecule has 1 aliphatic heterocycles. The molecule has 1 heterocycles. The monoisotopic (exact) mass is 272 g/mol. The molecule has 0 aliphatic carbocycles. The summed E-state index contributed by atoms with van der Waals surface area (Å²) in [6.07, 6.45) is 2.76. The Morgan fingerprint density at radius 3 is 2.69 bits per heavy atom. The zero-order valence-corrected chi connectivity index (χ0v) is 11.1. The van der Waals surface area contributed by atoms with Gasteiger partial charge in [0.25, 0.3) is 0 Å². The molecule has 2 atom stereocenters. The Labute approximate surface area is 104 Å². The van der Waals surface area contributed by atoms with Crippen LogP contribution >= 0.6 is 12.4 Å². The minimum Gasteiger partial charge on any atom is -0.377 e. The Morgan fingerprint density at radius 2 is 2.19 bits per heavy atom. The SMILES string of the molecule is C[C@@H](CN)NS(=O)(=O)CC1CCCCO1.Cl. The molecule has 0 amide bonds. The second-order valence-electron chi connectivity index (χ2n) is 4.02. The van der Waals surface area contributed by atoms with Crippen LogP contribution < -0.4 is 10.5 Å². The van der Waals surface area contributed by atoms with Crippen molar-refractivity contribution in [2.45, 2.75) is 38.3 Å². The van der Waals surface area contributed by atoms with Gasteiger partial charge < -0.3 is 10.5 Å². The molecule has 1 fully saturated rings. The van der Waals surface area contributed by atoms with E-state index in [1.807, 2.05) is 0 Å². The molecule has 0 bridgehead atoms. The number of hydrogen-bond donors (Lipinski definition) is 2. The number of ether oxygens (including phenoxy) is 1. The quantitative estimate of drug-likeness (QED) is 0.751. The van der Waals surface area contributed by atoms with Gasteiger partial charge in [0.2, 0.25) is 10.0 Å². The lowest BCUT2D eigenvalue weighted by molar-refractivity contribution is 0.0303. The van der Waals surface area contributed by atoms with E-state index < -0.39 is 10.0 Å². The smallest absolute Gasteiger partial charge is 0.214 e. The molecule has 0 aromatic rings. The Kier molecular flexibility index (Phi) is 7.50. The molecule has 0 radical (unpaired) electrons. The summed E-state index contributed by atoms with van der Waals surface area (Å²) < 4.78 is 31.1. The summed E-state index contributed by atoms with van der Waals surface area (Å²) in [6, 6.07) is -0.210. The van der Waals surface area contributed by atoms with E-state index in [0.29, 0.717) is 13.2 Å².